The highest BCUT2D eigenvalue weighted by Crippen LogP contribution is 2.30. The number of hydrogen-bond acceptors (Lipinski definition) is 2. The third-order valence-electron chi connectivity index (χ3n) is 4.22. The van der Waals surface area contributed by atoms with Crippen molar-refractivity contribution in [2.24, 2.45) is 5.73 Å². The molecule has 0 fully saturated rings. The Morgan fingerprint density at radius 1 is 1.09 bits per heavy atom. The van der Waals surface area contributed by atoms with Crippen LogP contribution in [0.25, 0.3) is 10.9 Å². The summed E-state index contributed by atoms with van der Waals surface area (Å²) in [6, 6.07) is 16.8. The van der Waals surface area contributed by atoms with Crippen LogP contribution in [0.1, 0.15) is 23.7 Å². The van der Waals surface area contributed by atoms with Crippen molar-refractivity contribution in [1.29, 1.82) is 0 Å². The molecule has 0 bridgehead atoms. The van der Waals surface area contributed by atoms with Gasteiger partial charge in [-0.1, -0.05) is 37.3 Å². The first-order chi connectivity index (χ1) is 10.8. The molecule has 3 nitrogen and oxygen atoms in total. The number of benzene rings is 2. The van der Waals surface area contributed by atoms with Crippen molar-refractivity contribution in [2.45, 2.75) is 26.4 Å². The Labute approximate surface area is 131 Å². The summed E-state index contributed by atoms with van der Waals surface area (Å²) in [5.41, 5.74) is 11.1. The van der Waals surface area contributed by atoms with E-state index < -0.39 is 0 Å². The summed E-state index contributed by atoms with van der Waals surface area (Å²) in [5.74, 6) is 0.877. The number of methoxy groups -OCH3 is 1. The summed E-state index contributed by atoms with van der Waals surface area (Å²) in [5, 5.41) is 1.20. The van der Waals surface area contributed by atoms with Crippen molar-refractivity contribution in [3.8, 4) is 5.75 Å². The number of nitrogens with two attached hydrogens (primary N) is 1. The molecule has 114 valence electrons. The summed E-state index contributed by atoms with van der Waals surface area (Å²) >= 11 is 0. The van der Waals surface area contributed by atoms with Crippen LogP contribution in [0, 0.1) is 0 Å². The Kier molecular flexibility index (Phi) is 4.16. The zero-order valence-electron chi connectivity index (χ0n) is 13.2. The quantitative estimate of drug-likeness (QED) is 0.779. The summed E-state index contributed by atoms with van der Waals surface area (Å²) in [4.78, 5) is 0. The fourth-order valence-corrected chi connectivity index (χ4v) is 3.16. The molecular weight excluding hydrogens is 272 g/mol. The van der Waals surface area contributed by atoms with E-state index >= 15 is 0 Å². The molecule has 3 heteroatoms. The molecule has 0 radical (unpaired) electrons. The molecule has 0 unspecified atom stereocenters. The van der Waals surface area contributed by atoms with Gasteiger partial charge in [0, 0.05) is 29.7 Å². The van der Waals surface area contributed by atoms with E-state index in [4.69, 9.17) is 10.5 Å². The second-order valence-corrected chi connectivity index (χ2v) is 5.44. The molecule has 0 saturated carbocycles. The molecule has 3 aromatic rings. The monoisotopic (exact) mass is 294 g/mol. The molecule has 0 atom stereocenters. The van der Waals surface area contributed by atoms with Crippen LogP contribution in [0.2, 0.25) is 0 Å². The van der Waals surface area contributed by atoms with Crippen molar-refractivity contribution in [1.82, 2.24) is 4.57 Å². The van der Waals surface area contributed by atoms with Gasteiger partial charge in [-0.3, -0.25) is 0 Å². The molecule has 1 heterocycles. The second-order valence-electron chi connectivity index (χ2n) is 5.44. The van der Waals surface area contributed by atoms with Crippen molar-refractivity contribution < 1.29 is 4.74 Å². The van der Waals surface area contributed by atoms with E-state index in [9.17, 15) is 0 Å². The topological polar surface area (TPSA) is 40.2 Å². The molecule has 0 spiro atoms. The number of rotatable bonds is 5. The van der Waals surface area contributed by atoms with Crippen LogP contribution in [-0.2, 0) is 19.5 Å². The summed E-state index contributed by atoms with van der Waals surface area (Å²) in [6.45, 7) is 3.60. The highest BCUT2D eigenvalue weighted by molar-refractivity contribution is 5.87. The Hall–Kier alpha value is -2.26. The van der Waals surface area contributed by atoms with E-state index in [1.807, 2.05) is 12.1 Å². The first kappa shape index (κ1) is 14.7. The standard InChI is InChI=1S/C19H22N2O/c1-3-18-17(12-20)16-11-15(22-2)9-10-19(16)21(18)13-14-7-5-4-6-8-14/h4-11H,3,12-13,20H2,1-2H3. The van der Waals surface area contributed by atoms with Crippen molar-refractivity contribution in [3.05, 3.63) is 65.4 Å². The summed E-state index contributed by atoms with van der Waals surface area (Å²) in [6.07, 6.45) is 0.969. The second kappa shape index (κ2) is 6.24. The van der Waals surface area contributed by atoms with E-state index in [-0.39, 0.29) is 0 Å². The first-order valence-electron chi connectivity index (χ1n) is 7.70. The third-order valence-corrected chi connectivity index (χ3v) is 4.22. The summed E-state index contributed by atoms with van der Waals surface area (Å²) in [7, 11) is 1.70. The maximum atomic E-state index is 6.04. The number of fused-ring (bicyclic) bond motifs is 1. The first-order valence-corrected chi connectivity index (χ1v) is 7.70. The molecular formula is C19H22N2O. The number of aromatic nitrogens is 1. The average molecular weight is 294 g/mol. The molecule has 1 aromatic heterocycles. The number of ether oxygens (including phenoxy) is 1. The van der Waals surface area contributed by atoms with Crippen LogP contribution in [0.15, 0.2) is 48.5 Å². The lowest BCUT2D eigenvalue weighted by atomic mass is 10.1. The smallest absolute Gasteiger partial charge is 0.119 e. The van der Waals surface area contributed by atoms with E-state index in [0.29, 0.717) is 6.54 Å². The van der Waals surface area contributed by atoms with Crippen LogP contribution in [0.5, 0.6) is 5.75 Å². The van der Waals surface area contributed by atoms with Gasteiger partial charge in [-0.05, 0) is 35.7 Å². The van der Waals surface area contributed by atoms with Crippen molar-refractivity contribution in [3.63, 3.8) is 0 Å². The molecule has 0 aliphatic rings. The lowest BCUT2D eigenvalue weighted by molar-refractivity contribution is 0.415. The van der Waals surface area contributed by atoms with Crippen molar-refractivity contribution in [2.75, 3.05) is 7.11 Å². The number of nitrogens with zero attached hydrogens (tertiary/aromatic N) is 1. The zero-order chi connectivity index (χ0) is 15.5. The fraction of sp³-hybridized carbons (Fsp3) is 0.263. The lowest BCUT2D eigenvalue weighted by Gasteiger charge is -2.11. The van der Waals surface area contributed by atoms with Gasteiger partial charge in [0.25, 0.3) is 0 Å². The van der Waals surface area contributed by atoms with E-state index in [1.54, 1.807) is 7.11 Å². The highest BCUT2D eigenvalue weighted by Gasteiger charge is 2.15. The van der Waals surface area contributed by atoms with Crippen LogP contribution in [0.3, 0.4) is 0 Å². The fourth-order valence-electron chi connectivity index (χ4n) is 3.16. The highest BCUT2D eigenvalue weighted by atomic mass is 16.5. The predicted molar refractivity (Wildman–Crippen MR) is 91.3 cm³/mol. The van der Waals surface area contributed by atoms with Gasteiger partial charge < -0.3 is 15.0 Å². The zero-order valence-corrected chi connectivity index (χ0v) is 13.2. The maximum absolute atomic E-state index is 6.04. The van der Waals surface area contributed by atoms with Gasteiger partial charge >= 0.3 is 0 Å². The number of hydrogen-bond donors (Lipinski definition) is 1. The minimum atomic E-state index is 0.550. The van der Waals surface area contributed by atoms with Crippen LogP contribution in [-0.4, -0.2) is 11.7 Å². The van der Waals surface area contributed by atoms with Crippen molar-refractivity contribution >= 4 is 10.9 Å². The molecule has 0 saturated heterocycles. The van der Waals surface area contributed by atoms with Crippen LogP contribution < -0.4 is 10.5 Å². The van der Waals surface area contributed by atoms with Crippen LogP contribution >= 0.6 is 0 Å². The molecule has 0 amide bonds. The van der Waals surface area contributed by atoms with Gasteiger partial charge in [0.1, 0.15) is 5.75 Å². The minimum absolute atomic E-state index is 0.550. The molecule has 3 rings (SSSR count). The normalized spacial score (nSPS) is 11.0. The SMILES string of the molecule is CCc1c(CN)c2cc(OC)ccc2n1Cc1ccccc1. The summed E-state index contributed by atoms with van der Waals surface area (Å²) < 4.78 is 7.75. The van der Waals surface area contributed by atoms with Gasteiger partial charge in [0.05, 0.1) is 7.11 Å². The Balaban J connectivity index is 2.19. The van der Waals surface area contributed by atoms with Gasteiger partial charge in [-0.2, -0.15) is 0 Å². The van der Waals surface area contributed by atoms with E-state index in [0.717, 1.165) is 18.7 Å². The molecule has 0 aliphatic carbocycles. The minimum Gasteiger partial charge on any atom is -0.497 e. The Bertz CT molecular complexity index is 775. The van der Waals surface area contributed by atoms with Gasteiger partial charge in [0.15, 0.2) is 0 Å². The molecule has 22 heavy (non-hydrogen) atoms. The van der Waals surface area contributed by atoms with Gasteiger partial charge in [-0.15, -0.1) is 0 Å². The molecule has 0 aliphatic heterocycles. The van der Waals surface area contributed by atoms with Gasteiger partial charge in [0.2, 0.25) is 0 Å². The van der Waals surface area contributed by atoms with E-state index in [1.165, 1.54) is 27.7 Å². The van der Waals surface area contributed by atoms with Crippen LogP contribution in [0.4, 0.5) is 0 Å². The molecule has 2 aromatic carbocycles. The Morgan fingerprint density at radius 2 is 1.86 bits per heavy atom. The van der Waals surface area contributed by atoms with E-state index in [2.05, 4.69) is 47.9 Å². The molecule has 2 N–H and O–H groups in total. The maximum Gasteiger partial charge on any atom is 0.119 e. The third kappa shape index (κ3) is 2.48. The largest absolute Gasteiger partial charge is 0.497 e. The average Bonchev–Trinajstić information content (AvgIpc) is 2.87. The predicted octanol–water partition coefficient (Wildman–Crippen LogP) is 3.72. The Morgan fingerprint density at radius 3 is 2.50 bits per heavy atom. The van der Waals surface area contributed by atoms with Gasteiger partial charge in [-0.25, -0.2) is 0 Å². The lowest BCUT2D eigenvalue weighted by Crippen LogP contribution is -2.06.